The molecule has 9 heteroatoms. The quantitative estimate of drug-likeness (QED) is 0.648. The summed E-state index contributed by atoms with van der Waals surface area (Å²) in [5.74, 6) is -1.01. The number of imide groups is 1. The summed E-state index contributed by atoms with van der Waals surface area (Å²) in [4.78, 5) is 53.4. The van der Waals surface area contributed by atoms with Crippen molar-refractivity contribution < 1.29 is 19.1 Å². The largest absolute Gasteiger partial charge is 0.456 e. The van der Waals surface area contributed by atoms with E-state index in [1.165, 1.54) is 0 Å². The van der Waals surface area contributed by atoms with Crippen molar-refractivity contribution in [3.8, 4) is 0 Å². The van der Waals surface area contributed by atoms with E-state index in [1.54, 1.807) is 38.1 Å². The van der Waals surface area contributed by atoms with Gasteiger partial charge in [0.05, 0.1) is 17.3 Å². The Bertz CT molecular complexity index is 875. The van der Waals surface area contributed by atoms with Crippen molar-refractivity contribution in [3.05, 3.63) is 40.4 Å². The molecule has 1 aromatic carbocycles. The molecule has 1 heterocycles. The maximum atomic E-state index is 11.9. The van der Waals surface area contributed by atoms with Gasteiger partial charge < -0.3 is 15.0 Å². The minimum Gasteiger partial charge on any atom is -0.456 e. The van der Waals surface area contributed by atoms with Crippen LogP contribution in [0.25, 0.3) is 10.9 Å². The topological polar surface area (TPSA) is 130 Å². The molecule has 0 spiro atoms. The molecule has 3 amide bonds. The van der Waals surface area contributed by atoms with Crippen LogP contribution in [0, 0.1) is 0 Å². The molecular weight excluding hydrogens is 340 g/mol. The molecular formula is C17H20N4O5. The summed E-state index contributed by atoms with van der Waals surface area (Å²) in [6.07, 6.45) is 0.0983. The normalized spacial score (nSPS) is 10.6. The molecule has 0 bridgehead atoms. The molecule has 138 valence electrons. The molecule has 0 saturated heterocycles. The number of nitrogens with zero attached hydrogens (tertiary/aromatic N) is 1. The zero-order valence-electron chi connectivity index (χ0n) is 14.5. The first-order chi connectivity index (χ1) is 12.3. The number of nitrogens with one attached hydrogen (secondary N) is 3. The number of carbonyl (C=O) groups excluding carboxylic acids is 3. The van der Waals surface area contributed by atoms with E-state index in [0.717, 1.165) is 0 Å². The third-order valence-electron chi connectivity index (χ3n) is 3.26. The minimum atomic E-state index is -0.728. The van der Waals surface area contributed by atoms with Crippen molar-refractivity contribution in [3.63, 3.8) is 0 Å². The molecule has 0 aliphatic carbocycles. The highest BCUT2D eigenvalue weighted by atomic mass is 16.5. The molecule has 26 heavy (non-hydrogen) atoms. The molecule has 0 unspecified atom stereocenters. The molecule has 0 saturated carbocycles. The lowest BCUT2D eigenvalue weighted by Crippen LogP contribution is -2.44. The minimum absolute atomic E-state index is 0.0627. The summed E-state index contributed by atoms with van der Waals surface area (Å²) in [7, 11) is 0. The van der Waals surface area contributed by atoms with E-state index < -0.39 is 24.5 Å². The van der Waals surface area contributed by atoms with Gasteiger partial charge in [0.15, 0.2) is 6.61 Å². The number of esters is 1. The van der Waals surface area contributed by atoms with Gasteiger partial charge >= 0.3 is 12.0 Å². The fourth-order valence-corrected chi connectivity index (χ4v) is 2.15. The number of aromatic amines is 1. The van der Waals surface area contributed by atoms with Crippen LogP contribution in [0.3, 0.4) is 0 Å². The van der Waals surface area contributed by atoms with Crippen LogP contribution in [0.1, 0.15) is 26.1 Å². The van der Waals surface area contributed by atoms with Crippen LogP contribution in [-0.4, -0.2) is 40.5 Å². The van der Waals surface area contributed by atoms with Crippen molar-refractivity contribution in [2.75, 3.05) is 6.61 Å². The number of para-hydroxylation sites is 1. The van der Waals surface area contributed by atoms with Gasteiger partial charge in [-0.2, -0.15) is 0 Å². The van der Waals surface area contributed by atoms with Crippen molar-refractivity contribution in [1.29, 1.82) is 0 Å². The average molecular weight is 360 g/mol. The van der Waals surface area contributed by atoms with Crippen LogP contribution in [0.2, 0.25) is 0 Å². The molecule has 0 atom stereocenters. The first kappa shape index (κ1) is 19.1. The van der Waals surface area contributed by atoms with E-state index >= 15 is 0 Å². The van der Waals surface area contributed by atoms with Gasteiger partial charge in [0.25, 0.3) is 11.5 Å². The van der Waals surface area contributed by atoms with Gasteiger partial charge in [0.1, 0.15) is 5.82 Å². The Morgan fingerprint density at radius 3 is 2.69 bits per heavy atom. The molecule has 0 aliphatic heterocycles. The van der Waals surface area contributed by atoms with E-state index in [9.17, 15) is 19.2 Å². The second kappa shape index (κ2) is 8.75. The third kappa shape index (κ3) is 5.69. The maximum absolute atomic E-state index is 11.9. The summed E-state index contributed by atoms with van der Waals surface area (Å²) >= 11 is 0. The number of ether oxygens (including phenoxy) is 1. The van der Waals surface area contributed by atoms with Gasteiger partial charge in [-0.25, -0.2) is 9.78 Å². The first-order valence-electron chi connectivity index (χ1n) is 8.09. The predicted octanol–water partition coefficient (Wildman–Crippen LogP) is 0.633. The third-order valence-corrected chi connectivity index (χ3v) is 3.26. The number of hydrogen-bond acceptors (Lipinski definition) is 6. The van der Waals surface area contributed by atoms with E-state index in [0.29, 0.717) is 16.7 Å². The number of urea groups is 1. The Hall–Kier alpha value is -3.23. The molecule has 0 aliphatic rings. The van der Waals surface area contributed by atoms with Crippen LogP contribution >= 0.6 is 0 Å². The number of rotatable bonds is 6. The van der Waals surface area contributed by atoms with Gasteiger partial charge in [-0.3, -0.25) is 19.7 Å². The lowest BCUT2D eigenvalue weighted by molar-refractivity contribution is -0.148. The van der Waals surface area contributed by atoms with Crippen LogP contribution in [0.15, 0.2) is 29.1 Å². The Labute approximate surface area is 149 Å². The summed E-state index contributed by atoms with van der Waals surface area (Å²) in [5.41, 5.74) is 0.254. The second-order valence-electron chi connectivity index (χ2n) is 5.87. The monoisotopic (exact) mass is 360 g/mol. The average Bonchev–Trinajstić information content (AvgIpc) is 2.57. The highest BCUT2D eigenvalue weighted by Crippen LogP contribution is 2.06. The van der Waals surface area contributed by atoms with Crippen LogP contribution in [0.5, 0.6) is 0 Å². The van der Waals surface area contributed by atoms with Gasteiger partial charge in [0.2, 0.25) is 0 Å². The van der Waals surface area contributed by atoms with Crippen molar-refractivity contribution in [2.45, 2.75) is 32.7 Å². The Morgan fingerprint density at radius 1 is 1.23 bits per heavy atom. The molecule has 3 N–H and O–H groups in total. The van der Waals surface area contributed by atoms with E-state index in [1.807, 2.05) is 5.32 Å². The summed E-state index contributed by atoms with van der Waals surface area (Å²) < 4.78 is 4.80. The van der Waals surface area contributed by atoms with Crippen molar-refractivity contribution in [1.82, 2.24) is 20.6 Å². The van der Waals surface area contributed by atoms with E-state index in [2.05, 4.69) is 15.3 Å². The Balaban J connectivity index is 1.81. The summed E-state index contributed by atoms with van der Waals surface area (Å²) in [5, 5.41) is 4.98. The fraction of sp³-hybridized carbons (Fsp3) is 0.353. The van der Waals surface area contributed by atoms with Crippen LogP contribution in [0.4, 0.5) is 4.79 Å². The van der Waals surface area contributed by atoms with E-state index in [4.69, 9.17) is 4.74 Å². The number of aryl methyl sites for hydroxylation is 1. The zero-order chi connectivity index (χ0) is 19.1. The second-order valence-corrected chi connectivity index (χ2v) is 5.87. The standard InChI is InChI=1S/C17H20N4O5/c1-10(2)18-17(25)21-14(22)9-26-15(23)8-7-13-19-12-6-4-3-5-11(12)16(24)20-13/h3-6,10H,7-9H2,1-2H3,(H,19,20,24)(H2,18,21,22,25). The number of amides is 3. The van der Waals surface area contributed by atoms with Gasteiger partial charge in [-0.1, -0.05) is 12.1 Å². The summed E-state index contributed by atoms with van der Waals surface area (Å²) in [6, 6.07) is 6.09. The molecule has 2 rings (SSSR count). The Kier molecular flexibility index (Phi) is 6.42. The number of benzene rings is 1. The van der Waals surface area contributed by atoms with Gasteiger partial charge in [-0.15, -0.1) is 0 Å². The number of fused-ring (bicyclic) bond motifs is 1. The van der Waals surface area contributed by atoms with Gasteiger partial charge in [-0.05, 0) is 26.0 Å². The van der Waals surface area contributed by atoms with Crippen LogP contribution < -0.4 is 16.2 Å². The zero-order valence-corrected chi connectivity index (χ0v) is 14.5. The molecule has 0 radical (unpaired) electrons. The summed E-state index contributed by atoms with van der Waals surface area (Å²) in [6.45, 7) is 2.93. The highest BCUT2D eigenvalue weighted by molar-refractivity contribution is 5.95. The SMILES string of the molecule is CC(C)NC(=O)NC(=O)COC(=O)CCc1nc2ccccc2c(=O)[nH]1. The smallest absolute Gasteiger partial charge is 0.321 e. The molecule has 0 fully saturated rings. The first-order valence-corrected chi connectivity index (χ1v) is 8.09. The molecule has 2 aromatic rings. The van der Waals surface area contributed by atoms with Gasteiger partial charge in [0, 0.05) is 12.5 Å². The lowest BCUT2D eigenvalue weighted by atomic mass is 10.2. The molecule has 1 aromatic heterocycles. The number of aromatic nitrogens is 2. The van der Waals surface area contributed by atoms with E-state index in [-0.39, 0.29) is 24.4 Å². The molecule has 9 nitrogen and oxygen atoms in total. The number of hydrogen-bond donors (Lipinski definition) is 3. The lowest BCUT2D eigenvalue weighted by Gasteiger charge is -2.09. The highest BCUT2D eigenvalue weighted by Gasteiger charge is 2.12. The van der Waals surface area contributed by atoms with Crippen molar-refractivity contribution >= 4 is 28.8 Å². The Morgan fingerprint density at radius 2 is 1.96 bits per heavy atom. The number of carbonyl (C=O) groups is 3. The van der Waals surface area contributed by atoms with Crippen LogP contribution in [-0.2, 0) is 20.7 Å². The fourth-order valence-electron chi connectivity index (χ4n) is 2.15. The predicted molar refractivity (Wildman–Crippen MR) is 93.5 cm³/mol. The number of H-pyrrole nitrogens is 1. The van der Waals surface area contributed by atoms with Crippen molar-refractivity contribution in [2.24, 2.45) is 0 Å². The maximum Gasteiger partial charge on any atom is 0.321 e.